The zero-order valence-corrected chi connectivity index (χ0v) is 18.3. The molecule has 1 saturated heterocycles. The lowest BCUT2D eigenvalue weighted by atomic mass is 10.1. The molecule has 0 amide bonds. The third-order valence-electron chi connectivity index (χ3n) is 5.06. The maximum atomic E-state index is 5.83. The first-order chi connectivity index (χ1) is 14.7. The molecule has 0 atom stereocenters. The number of rotatable bonds is 7. The van der Waals surface area contributed by atoms with E-state index >= 15 is 0 Å². The monoisotopic (exact) mass is 402 g/mol. The lowest BCUT2D eigenvalue weighted by Gasteiger charge is -2.13. The van der Waals surface area contributed by atoms with Crippen LogP contribution in [0.25, 0.3) is 5.76 Å². The third-order valence-corrected chi connectivity index (χ3v) is 5.06. The van der Waals surface area contributed by atoms with Gasteiger partial charge >= 0.3 is 0 Å². The van der Waals surface area contributed by atoms with E-state index in [-0.39, 0.29) is 0 Å². The standard InChI is InChI=1S/C27H32NO2/c1-4-30-27(25-16-12-23(3)13-17-25)9-7-5-6-8-26(28-18-20-29-21-19-28)24-14-10-22(2)11-15-24/h5-17H,4,18-21H2,1-3H3/q+1/b7-5+,8-6+,27-9-. The highest BCUT2D eigenvalue weighted by Gasteiger charge is 2.17. The van der Waals surface area contributed by atoms with E-state index in [1.54, 1.807) is 0 Å². The first-order valence-electron chi connectivity index (χ1n) is 10.7. The molecular formula is C27H32NO2+. The Kier molecular flexibility index (Phi) is 8.22. The van der Waals surface area contributed by atoms with Crippen molar-refractivity contribution in [2.45, 2.75) is 20.8 Å². The van der Waals surface area contributed by atoms with Crippen molar-refractivity contribution in [1.29, 1.82) is 0 Å². The molecule has 0 aromatic heterocycles. The van der Waals surface area contributed by atoms with E-state index in [1.807, 2.05) is 19.1 Å². The van der Waals surface area contributed by atoms with Crippen molar-refractivity contribution < 1.29 is 14.0 Å². The molecule has 2 aromatic rings. The zero-order valence-electron chi connectivity index (χ0n) is 18.3. The maximum absolute atomic E-state index is 5.83. The Morgan fingerprint density at radius 2 is 1.47 bits per heavy atom. The highest BCUT2D eigenvalue weighted by Crippen LogP contribution is 2.17. The van der Waals surface area contributed by atoms with Crippen molar-refractivity contribution in [1.82, 2.24) is 0 Å². The van der Waals surface area contributed by atoms with Crippen LogP contribution >= 0.6 is 0 Å². The largest absolute Gasteiger partial charge is 0.493 e. The van der Waals surface area contributed by atoms with Crippen molar-refractivity contribution >= 4 is 11.5 Å². The number of hydrogen-bond acceptors (Lipinski definition) is 2. The van der Waals surface area contributed by atoms with Crippen LogP contribution in [0, 0.1) is 13.8 Å². The van der Waals surface area contributed by atoms with Crippen LogP contribution in [0.1, 0.15) is 29.2 Å². The number of allylic oxidation sites excluding steroid dienone is 5. The van der Waals surface area contributed by atoms with Gasteiger partial charge in [0, 0.05) is 17.2 Å². The van der Waals surface area contributed by atoms with E-state index in [0.29, 0.717) is 6.61 Å². The van der Waals surface area contributed by atoms with Crippen LogP contribution in [-0.4, -0.2) is 43.2 Å². The number of nitrogens with zero attached hydrogens (tertiary/aromatic N) is 1. The highest BCUT2D eigenvalue weighted by atomic mass is 16.5. The summed E-state index contributed by atoms with van der Waals surface area (Å²) < 4.78 is 13.8. The second kappa shape index (κ2) is 11.3. The minimum Gasteiger partial charge on any atom is -0.493 e. The first kappa shape index (κ1) is 21.8. The number of benzene rings is 2. The molecule has 0 spiro atoms. The summed E-state index contributed by atoms with van der Waals surface area (Å²) in [5.74, 6) is 0.887. The molecule has 30 heavy (non-hydrogen) atoms. The summed E-state index contributed by atoms with van der Waals surface area (Å²) in [6, 6.07) is 17.1. The molecule has 1 fully saturated rings. The van der Waals surface area contributed by atoms with E-state index in [0.717, 1.165) is 37.6 Å². The van der Waals surface area contributed by atoms with Crippen molar-refractivity contribution in [2.75, 3.05) is 32.9 Å². The van der Waals surface area contributed by atoms with Crippen LogP contribution in [0.5, 0.6) is 0 Å². The fourth-order valence-corrected chi connectivity index (χ4v) is 3.37. The van der Waals surface area contributed by atoms with Crippen LogP contribution < -0.4 is 0 Å². The Morgan fingerprint density at radius 3 is 2.07 bits per heavy atom. The molecule has 1 heterocycles. The van der Waals surface area contributed by atoms with Gasteiger partial charge in [0.1, 0.15) is 19.0 Å². The van der Waals surface area contributed by atoms with Crippen molar-refractivity contribution in [3.63, 3.8) is 0 Å². The van der Waals surface area contributed by atoms with Gasteiger partial charge in [-0.3, -0.25) is 0 Å². The van der Waals surface area contributed by atoms with Crippen LogP contribution in [-0.2, 0) is 9.47 Å². The molecule has 156 valence electrons. The normalized spacial score (nSPS) is 15.2. The minimum atomic E-state index is 0.645. The van der Waals surface area contributed by atoms with Crippen molar-refractivity contribution in [2.24, 2.45) is 0 Å². The van der Waals surface area contributed by atoms with E-state index in [2.05, 4.69) is 85.2 Å². The van der Waals surface area contributed by atoms with Gasteiger partial charge in [-0.25, -0.2) is 4.58 Å². The molecule has 0 bridgehead atoms. The van der Waals surface area contributed by atoms with Crippen LogP contribution in [0.3, 0.4) is 0 Å². The number of morpholine rings is 1. The van der Waals surface area contributed by atoms with E-state index in [9.17, 15) is 0 Å². The average Bonchev–Trinajstić information content (AvgIpc) is 2.77. The van der Waals surface area contributed by atoms with Gasteiger partial charge in [-0.2, -0.15) is 0 Å². The fraction of sp³-hybridized carbons (Fsp3) is 0.296. The number of hydrogen-bond donors (Lipinski definition) is 0. The zero-order chi connectivity index (χ0) is 21.2. The molecule has 0 N–H and O–H groups in total. The fourth-order valence-electron chi connectivity index (χ4n) is 3.37. The summed E-state index contributed by atoms with van der Waals surface area (Å²) >= 11 is 0. The van der Waals surface area contributed by atoms with Gasteiger partial charge in [0.25, 0.3) is 0 Å². The lowest BCUT2D eigenvalue weighted by Crippen LogP contribution is -2.33. The van der Waals surface area contributed by atoms with Gasteiger partial charge < -0.3 is 9.47 Å². The molecule has 3 rings (SSSR count). The summed E-state index contributed by atoms with van der Waals surface area (Å²) in [6.07, 6.45) is 10.4. The minimum absolute atomic E-state index is 0.645. The molecule has 0 radical (unpaired) electrons. The van der Waals surface area contributed by atoms with E-state index in [1.165, 1.54) is 22.4 Å². The van der Waals surface area contributed by atoms with Gasteiger partial charge in [0.05, 0.1) is 6.61 Å². The average molecular weight is 403 g/mol. The topological polar surface area (TPSA) is 21.5 Å². The van der Waals surface area contributed by atoms with Crippen LogP contribution in [0.2, 0.25) is 0 Å². The Hall–Kier alpha value is -2.91. The van der Waals surface area contributed by atoms with Gasteiger partial charge in [0.2, 0.25) is 5.71 Å². The molecule has 0 aliphatic carbocycles. The van der Waals surface area contributed by atoms with Crippen molar-refractivity contribution in [3.8, 4) is 0 Å². The van der Waals surface area contributed by atoms with Gasteiger partial charge in [-0.15, -0.1) is 0 Å². The predicted octanol–water partition coefficient (Wildman–Crippen LogP) is 5.33. The summed E-state index contributed by atoms with van der Waals surface area (Å²) in [5, 5.41) is 0. The van der Waals surface area contributed by atoms with Crippen molar-refractivity contribution in [3.05, 3.63) is 101 Å². The van der Waals surface area contributed by atoms with Gasteiger partial charge in [-0.1, -0.05) is 65.8 Å². The quantitative estimate of drug-likeness (QED) is 0.355. The molecule has 3 heteroatoms. The molecule has 0 saturated carbocycles. The number of aryl methyl sites for hydroxylation is 2. The second-order valence-electron chi connectivity index (χ2n) is 7.42. The molecule has 0 unspecified atom stereocenters. The van der Waals surface area contributed by atoms with Gasteiger partial charge in [-0.05, 0) is 39.0 Å². The summed E-state index contributed by atoms with van der Waals surface area (Å²) in [5.41, 5.74) is 6.08. The summed E-state index contributed by atoms with van der Waals surface area (Å²) in [7, 11) is 0. The highest BCUT2D eigenvalue weighted by molar-refractivity contribution is 6.05. The third kappa shape index (κ3) is 6.30. The molecular weight excluding hydrogens is 370 g/mol. The Labute approximate surface area is 180 Å². The maximum Gasteiger partial charge on any atom is 0.207 e. The predicted molar refractivity (Wildman–Crippen MR) is 125 cm³/mol. The molecule has 1 aliphatic rings. The smallest absolute Gasteiger partial charge is 0.207 e. The lowest BCUT2D eigenvalue weighted by molar-refractivity contribution is -0.548. The molecule has 1 aliphatic heterocycles. The van der Waals surface area contributed by atoms with Crippen LogP contribution in [0.4, 0.5) is 0 Å². The Bertz CT molecular complexity index is 924. The van der Waals surface area contributed by atoms with E-state index in [4.69, 9.17) is 9.47 Å². The van der Waals surface area contributed by atoms with Gasteiger partial charge in [0.15, 0.2) is 13.1 Å². The second-order valence-corrected chi connectivity index (χ2v) is 7.42. The SMILES string of the molecule is CCO\C(=C/C=C/C=C/C(c1ccc(C)cc1)=[N+]1CCOCC1)c1ccc(C)cc1. The molecule has 2 aromatic carbocycles. The summed E-state index contributed by atoms with van der Waals surface area (Å²) in [6.45, 7) is 10.2. The Balaban J connectivity index is 1.79. The molecule has 3 nitrogen and oxygen atoms in total. The summed E-state index contributed by atoms with van der Waals surface area (Å²) in [4.78, 5) is 0. The number of ether oxygens (including phenoxy) is 2. The first-order valence-corrected chi connectivity index (χ1v) is 10.7. The van der Waals surface area contributed by atoms with E-state index < -0.39 is 0 Å². The van der Waals surface area contributed by atoms with Crippen LogP contribution in [0.15, 0.2) is 78.9 Å². The Morgan fingerprint density at radius 1 is 0.867 bits per heavy atom.